The van der Waals surface area contributed by atoms with Crippen LogP contribution in [0.25, 0.3) is 0 Å². The Labute approximate surface area is 132 Å². The van der Waals surface area contributed by atoms with E-state index in [4.69, 9.17) is 5.11 Å². The van der Waals surface area contributed by atoms with Gasteiger partial charge >= 0.3 is 5.97 Å². The Bertz CT molecular complexity index is 726. The smallest absolute Gasteiger partial charge is 0.336 e. The van der Waals surface area contributed by atoms with E-state index in [9.17, 15) is 19.7 Å². The maximum absolute atomic E-state index is 12.3. The van der Waals surface area contributed by atoms with Crippen LogP contribution in [0.2, 0.25) is 0 Å². The van der Waals surface area contributed by atoms with Gasteiger partial charge in [0.25, 0.3) is 11.6 Å². The lowest BCUT2D eigenvalue weighted by Gasteiger charge is -2.08. The van der Waals surface area contributed by atoms with E-state index in [1.807, 2.05) is 0 Å². The van der Waals surface area contributed by atoms with Crippen molar-refractivity contribution in [2.45, 2.75) is 0 Å². The number of amides is 1. The van der Waals surface area contributed by atoms with Crippen molar-refractivity contribution in [2.24, 2.45) is 0 Å². The third kappa shape index (κ3) is 3.29. The van der Waals surface area contributed by atoms with Crippen molar-refractivity contribution >= 4 is 39.2 Å². The molecule has 2 aromatic carbocycles. The largest absolute Gasteiger partial charge is 0.478 e. The Morgan fingerprint density at radius 3 is 2.32 bits per heavy atom. The van der Waals surface area contributed by atoms with Gasteiger partial charge < -0.3 is 10.4 Å². The van der Waals surface area contributed by atoms with Gasteiger partial charge in [-0.25, -0.2) is 4.79 Å². The van der Waals surface area contributed by atoms with Gasteiger partial charge in [-0.2, -0.15) is 0 Å². The average Bonchev–Trinajstić information content (AvgIpc) is 2.48. The highest BCUT2D eigenvalue weighted by molar-refractivity contribution is 9.10. The fourth-order valence-corrected chi connectivity index (χ4v) is 2.10. The Hall–Kier alpha value is -2.74. The summed E-state index contributed by atoms with van der Waals surface area (Å²) in [6.07, 6.45) is 0. The van der Waals surface area contributed by atoms with E-state index in [1.165, 1.54) is 6.07 Å². The molecule has 7 nitrogen and oxygen atoms in total. The minimum Gasteiger partial charge on any atom is -0.478 e. The molecule has 0 aliphatic rings. The van der Waals surface area contributed by atoms with Crippen molar-refractivity contribution < 1.29 is 19.6 Å². The van der Waals surface area contributed by atoms with Gasteiger partial charge in [-0.15, -0.1) is 0 Å². The Morgan fingerprint density at radius 2 is 1.77 bits per heavy atom. The van der Waals surface area contributed by atoms with Crippen molar-refractivity contribution in [1.29, 1.82) is 0 Å². The SMILES string of the molecule is O=C(O)c1cccc([N+](=O)[O-])c1C(=O)Nc1ccc(Br)cc1. The first-order valence-electron chi connectivity index (χ1n) is 5.97. The summed E-state index contributed by atoms with van der Waals surface area (Å²) in [6.45, 7) is 0. The molecule has 0 aliphatic carbocycles. The highest BCUT2D eigenvalue weighted by atomic mass is 79.9. The number of anilines is 1. The first kappa shape index (κ1) is 15.6. The lowest BCUT2D eigenvalue weighted by molar-refractivity contribution is -0.385. The molecule has 0 aliphatic heterocycles. The van der Waals surface area contributed by atoms with Crippen molar-refractivity contribution in [2.75, 3.05) is 5.32 Å². The average molecular weight is 365 g/mol. The normalized spacial score (nSPS) is 10.0. The number of nitrogens with zero attached hydrogens (tertiary/aromatic N) is 1. The number of nitrogens with one attached hydrogen (secondary N) is 1. The van der Waals surface area contributed by atoms with Crippen LogP contribution < -0.4 is 5.32 Å². The van der Waals surface area contributed by atoms with Crippen LogP contribution in [0, 0.1) is 10.1 Å². The molecule has 0 spiro atoms. The molecule has 0 saturated carbocycles. The van der Waals surface area contributed by atoms with Crippen LogP contribution >= 0.6 is 15.9 Å². The molecule has 0 radical (unpaired) electrons. The molecule has 0 bridgehead atoms. The molecule has 0 saturated heterocycles. The molecule has 0 unspecified atom stereocenters. The second-order valence-corrected chi connectivity index (χ2v) is 5.14. The van der Waals surface area contributed by atoms with Gasteiger partial charge in [-0.05, 0) is 30.3 Å². The van der Waals surface area contributed by atoms with Gasteiger partial charge in [0.2, 0.25) is 0 Å². The molecule has 2 N–H and O–H groups in total. The summed E-state index contributed by atoms with van der Waals surface area (Å²) in [4.78, 5) is 33.7. The second-order valence-electron chi connectivity index (χ2n) is 4.22. The van der Waals surface area contributed by atoms with Crippen molar-refractivity contribution in [3.8, 4) is 0 Å². The number of nitro groups is 1. The molecule has 112 valence electrons. The van der Waals surface area contributed by atoms with Gasteiger partial charge in [-0.1, -0.05) is 22.0 Å². The fourth-order valence-electron chi connectivity index (χ4n) is 1.84. The van der Waals surface area contributed by atoms with Crippen LogP contribution in [0.5, 0.6) is 0 Å². The highest BCUT2D eigenvalue weighted by Crippen LogP contribution is 2.24. The molecule has 2 rings (SSSR count). The van der Waals surface area contributed by atoms with Gasteiger partial charge in [0.05, 0.1) is 10.5 Å². The zero-order valence-electron chi connectivity index (χ0n) is 10.9. The standard InChI is InChI=1S/C14H9BrN2O5/c15-8-4-6-9(7-5-8)16-13(18)12-10(14(19)20)2-1-3-11(12)17(21)22/h1-7H,(H,16,18)(H,19,20). The van der Waals surface area contributed by atoms with Crippen molar-refractivity contribution in [3.05, 3.63) is 68.2 Å². The number of rotatable bonds is 4. The van der Waals surface area contributed by atoms with Crippen LogP contribution in [-0.4, -0.2) is 21.9 Å². The molecular weight excluding hydrogens is 356 g/mol. The van der Waals surface area contributed by atoms with E-state index in [2.05, 4.69) is 21.2 Å². The topological polar surface area (TPSA) is 110 Å². The minimum absolute atomic E-state index is 0.391. The van der Waals surface area contributed by atoms with Crippen molar-refractivity contribution in [1.82, 2.24) is 0 Å². The second kappa shape index (κ2) is 6.35. The quantitative estimate of drug-likeness (QED) is 0.638. The molecule has 22 heavy (non-hydrogen) atoms. The predicted octanol–water partition coefficient (Wildman–Crippen LogP) is 3.31. The van der Waals surface area contributed by atoms with Gasteiger partial charge in [0.1, 0.15) is 5.56 Å². The molecule has 0 fully saturated rings. The summed E-state index contributed by atoms with van der Waals surface area (Å²) in [6, 6.07) is 9.96. The highest BCUT2D eigenvalue weighted by Gasteiger charge is 2.27. The van der Waals surface area contributed by atoms with Crippen LogP contribution in [0.15, 0.2) is 46.9 Å². The van der Waals surface area contributed by atoms with Crippen molar-refractivity contribution in [3.63, 3.8) is 0 Å². The van der Waals surface area contributed by atoms with Crippen LogP contribution in [0.4, 0.5) is 11.4 Å². The fraction of sp³-hybridized carbons (Fsp3) is 0. The maximum Gasteiger partial charge on any atom is 0.336 e. The van der Waals surface area contributed by atoms with E-state index in [0.29, 0.717) is 5.69 Å². The Morgan fingerprint density at radius 1 is 1.14 bits per heavy atom. The lowest BCUT2D eigenvalue weighted by atomic mass is 10.0. The van der Waals surface area contributed by atoms with E-state index in [-0.39, 0.29) is 0 Å². The van der Waals surface area contributed by atoms with Crippen LogP contribution in [0.1, 0.15) is 20.7 Å². The Kier molecular flexibility index (Phi) is 4.52. The number of carbonyl (C=O) groups excluding carboxylic acids is 1. The number of nitro benzene ring substituents is 1. The summed E-state index contributed by atoms with van der Waals surface area (Å²) in [5.74, 6) is -2.27. The number of benzene rings is 2. The minimum atomic E-state index is -1.41. The van der Waals surface area contributed by atoms with Crippen LogP contribution in [0.3, 0.4) is 0 Å². The third-order valence-corrected chi connectivity index (χ3v) is 3.33. The van der Waals surface area contributed by atoms with Gasteiger partial charge in [0.15, 0.2) is 0 Å². The first-order valence-corrected chi connectivity index (χ1v) is 6.77. The monoisotopic (exact) mass is 364 g/mol. The molecule has 0 atom stereocenters. The summed E-state index contributed by atoms with van der Waals surface area (Å²) in [7, 11) is 0. The number of halogens is 1. The van der Waals surface area contributed by atoms with E-state index in [1.54, 1.807) is 24.3 Å². The van der Waals surface area contributed by atoms with E-state index in [0.717, 1.165) is 16.6 Å². The molecule has 0 heterocycles. The summed E-state index contributed by atoms with van der Waals surface area (Å²) >= 11 is 3.24. The first-order chi connectivity index (χ1) is 10.4. The summed E-state index contributed by atoms with van der Waals surface area (Å²) < 4.78 is 0.794. The number of carboxylic acids is 1. The number of carbonyl (C=O) groups is 2. The maximum atomic E-state index is 12.3. The number of carboxylic acid groups (broad SMARTS) is 1. The van der Waals surface area contributed by atoms with Crippen LogP contribution in [-0.2, 0) is 0 Å². The van der Waals surface area contributed by atoms with E-state index < -0.39 is 33.6 Å². The summed E-state index contributed by atoms with van der Waals surface area (Å²) in [5, 5.41) is 22.6. The summed E-state index contributed by atoms with van der Waals surface area (Å²) in [5.41, 5.74) is -1.08. The lowest BCUT2D eigenvalue weighted by Crippen LogP contribution is -2.18. The molecule has 2 aromatic rings. The molecule has 8 heteroatoms. The molecular formula is C14H9BrN2O5. The van der Waals surface area contributed by atoms with Gasteiger partial charge in [-0.3, -0.25) is 14.9 Å². The molecule has 1 amide bonds. The Balaban J connectivity index is 2.45. The number of hydrogen-bond donors (Lipinski definition) is 2. The zero-order valence-corrected chi connectivity index (χ0v) is 12.5. The van der Waals surface area contributed by atoms with Gasteiger partial charge in [0, 0.05) is 16.2 Å². The third-order valence-electron chi connectivity index (χ3n) is 2.80. The molecule has 0 aromatic heterocycles. The zero-order chi connectivity index (χ0) is 16.3. The number of hydrogen-bond acceptors (Lipinski definition) is 4. The number of aromatic carboxylic acids is 1. The predicted molar refractivity (Wildman–Crippen MR) is 82.2 cm³/mol. The van der Waals surface area contributed by atoms with E-state index >= 15 is 0 Å².